The van der Waals surface area contributed by atoms with Crippen molar-refractivity contribution in [1.82, 2.24) is 9.80 Å². The fourth-order valence-corrected chi connectivity index (χ4v) is 2.26. The SMILES string of the molecule is CCCN1CCN(CC(C)N)CC1C. The zero-order valence-corrected chi connectivity index (χ0v) is 9.87. The van der Waals surface area contributed by atoms with Crippen LogP contribution in [-0.2, 0) is 0 Å². The molecule has 0 amide bonds. The predicted molar refractivity (Wildman–Crippen MR) is 61.4 cm³/mol. The third kappa shape index (κ3) is 3.56. The second-order valence-electron chi connectivity index (χ2n) is 4.62. The van der Waals surface area contributed by atoms with Crippen molar-refractivity contribution in [3.05, 3.63) is 0 Å². The van der Waals surface area contributed by atoms with Crippen LogP contribution in [-0.4, -0.2) is 54.6 Å². The van der Waals surface area contributed by atoms with E-state index in [-0.39, 0.29) is 0 Å². The van der Waals surface area contributed by atoms with E-state index >= 15 is 0 Å². The summed E-state index contributed by atoms with van der Waals surface area (Å²) in [4.78, 5) is 5.07. The van der Waals surface area contributed by atoms with Gasteiger partial charge in [-0.1, -0.05) is 6.92 Å². The number of piperazine rings is 1. The van der Waals surface area contributed by atoms with Gasteiger partial charge in [-0.15, -0.1) is 0 Å². The number of hydrogen-bond donors (Lipinski definition) is 1. The maximum Gasteiger partial charge on any atom is 0.0195 e. The van der Waals surface area contributed by atoms with Gasteiger partial charge in [-0.2, -0.15) is 0 Å². The number of hydrogen-bond acceptors (Lipinski definition) is 3. The third-order valence-electron chi connectivity index (χ3n) is 2.91. The van der Waals surface area contributed by atoms with Crippen LogP contribution < -0.4 is 5.73 Å². The van der Waals surface area contributed by atoms with Gasteiger partial charge in [0.05, 0.1) is 0 Å². The summed E-state index contributed by atoms with van der Waals surface area (Å²) in [7, 11) is 0. The summed E-state index contributed by atoms with van der Waals surface area (Å²) < 4.78 is 0. The third-order valence-corrected chi connectivity index (χ3v) is 2.91. The molecule has 3 heteroatoms. The summed E-state index contributed by atoms with van der Waals surface area (Å²) >= 11 is 0. The molecule has 1 saturated heterocycles. The van der Waals surface area contributed by atoms with Crippen LogP contribution >= 0.6 is 0 Å². The molecule has 3 nitrogen and oxygen atoms in total. The van der Waals surface area contributed by atoms with E-state index in [1.807, 2.05) is 0 Å². The summed E-state index contributed by atoms with van der Waals surface area (Å²) in [6.07, 6.45) is 1.26. The molecule has 1 fully saturated rings. The van der Waals surface area contributed by atoms with Crippen LogP contribution in [0.5, 0.6) is 0 Å². The van der Waals surface area contributed by atoms with Crippen LogP contribution in [0, 0.1) is 0 Å². The van der Waals surface area contributed by atoms with E-state index in [4.69, 9.17) is 5.73 Å². The maximum atomic E-state index is 5.81. The monoisotopic (exact) mass is 199 g/mol. The average Bonchev–Trinajstić information content (AvgIpc) is 2.09. The molecule has 14 heavy (non-hydrogen) atoms. The van der Waals surface area contributed by atoms with E-state index in [9.17, 15) is 0 Å². The molecule has 2 N–H and O–H groups in total. The Labute approximate surface area is 88.2 Å². The van der Waals surface area contributed by atoms with Crippen LogP contribution in [0.15, 0.2) is 0 Å². The normalized spacial score (nSPS) is 27.9. The van der Waals surface area contributed by atoms with Crippen LogP contribution in [0.3, 0.4) is 0 Å². The Morgan fingerprint density at radius 2 is 2.14 bits per heavy atom. The molecule has 0 spiro atoms. The summed E-state index contributed by atoms with van der Waals surface area (Å²) in [6.45, 7) is 12.5. The van der Waals surface area contributed by atoms with Crippen molar-refractivity contribution < 1.29 is 0 Å². The highest BCUT2D eigenvalue weighted by Crippen LogP contribution is 2.09. The molecule has 2 atom stereocenters. The Morgan fingerprint density at radius 1 is 1.43 bits per heavy atom. The molecular weight excluding hydrogens is 174 g/mol. The Balaban J connectivity index is 2.31. The highest BCUT2D eigenvalue weighted by molar-refractivity contribution is 4.79. The smallest absolute Gasteiger partial charge is 0.0195 e. The van der Waals surface area contributed by atoms with Gasteiger partial charge in [0, 0.05) is 38.3 Å². The topological polar surface area (TPSA) is 32.5 Å². The molecule has 84 valence electrons. The lowest BCUT2D eigenvalue weighted by Crippen LogP contribution is -2.53. The van der Waals surface area contributed by atoms with E-state index in [1.54, 1.807) is 0 Å². The minimum atomic E-state index is 0.305. The van der Waals surface area contributed by atoms with Gasteiger partial charge in [0.25, 0.3) is 0 Å². The van der Waals surface area contributed by atoms with Gasteiger partial charge in [-0.25, -0.2) is 0 Å². The Hall–Kier alpha value is -0.120. The molecule has 1 aliphatic rings. The van der Waals surface area contributed by atoms with Crippen LogP contribution in [0.2, 0.25) is 0 Å². The number of nitrogens with two attached hydrogens (primary N) is 1. The Kier molecular flexibility index (Phi) is 4.85. The Bertz CT molecular complexity index is 159. The largest absolute Gasteiger partial charge is 0.327 e. The van der Waals surface area contributed by atoms with Crippen molar-refractivity contribution in [2.75, 3.05) is 32.7 Å². The van der Waals surface area contributed by atoms with E-state index in [2.05, 4.69) is 30.6 Å². The maximum absolute atomic E-state index is 5.81. The van der Waals surface area contributed by atoms with Gasteiger partial charge in [0.2, 0.25) is 0 Å². The lowest BCUT2D eigenvalue weighted by atomic mass is 10.1. The van der Waals surface area contributed by atoms with Crippen LogP contribution in [0.4, 0.5) is 0 Å². The minimum Gasteiger partial charge on any atom is -0.327 e. The lowest BCUT2D eigenvalue weighted by Gasteiger charge is -2.40. The molecule has 0 saturated carbocycles. The van der Waals surface area contributed by atoms with Gasteiger partial charge in [0.15, 0.2) is 0 Å². The second-order valence-corrected chi connectivity index (χ2v) is 4.62. The van der Waals surface area contributed by atoms with E-state index in [0.717, 1.165) is 6.54 Å². The molecule has 0 bridgehead atoms. The quantitative estimate of drug-likeness (QED) is 0.725. The molecule has 0 aliphatic carbocycles. The van der Waals surface area contributed by atoms with Gasteiger partial charge in [-0.05, 0) is 26.8 Å². The summed E-state index contributed by atoms with van der Waals surface area (Å²) in [5, 5.41) is 0. The Morgan fingerprint density at radius 3 is 2.64 bits per heavy atom. The van der Waals surface area contributed by atoms with Gasteiger partial charge < -0.3 is 5.73 Å². The fourth-order valence-electron chi connectivity index (χ4n) is 2.26. The van der Waals surface area contributed by atoms with Crippen LogP contribution in [0.25, 0.3) is 0 Å². The van der Waals surface area contributed by atoms with Crippen molar-refractivity contribution in [3.63, 3.8) is 0 Å². The molecule has 0 radical (unpaired) electrons. The van der Waals surface area contributed by atoms with E-state index in [0.29, 0.717) is 12.1 Å². The van der Waals surface area contributed by atoms with Gasteiger partial charge in [0.1, 0.15) is 0 Å². The predicted octanol–water partition coefficient (Wildman–Crippen LogP) is 0.750. The van der Waals surface area contributed by atoms with E-state index < -0.39 is 0 Å². The summed E-state index contributed by atoms with van der Waals surface area (Å²) in [6, 6.07) is 1.00. The highest BCUT2D eigenvalue weighted by Gasteiger charge is 2.22. The van der Waals surface area contributed by atoms with Crippen molar-refractivity contribution in [3.8, 4) is 0 Å². The van der Waals surface area contributed by atoms with Crippen molar-refractivity contribution in [1.29, 1.82) is 0 Å². The van der Waals surface area contributed by atoms with Crippen molar-refractivity contribution >= 4 is 0 Å². The highest BCUT2D eigenvalue weighted by atomic mass is 15.3. The molecule has 0 aromatic rings. The van der Waals surface area contributed by atoms with Crippen LogP contribution in [0.1, 0.15) is 27.2 Å². The standard InChI is InChI=1S/C11H25N3/c1-4-5-14-7-6-13(8-10(2)12)9-11(14)3/h10-11H,4-9,12H2,1-3H3. The average molecular weight is 199 g/mol. The zero-order chi connectivity index (χ0) is 10.6. The first-order valence-electron chi connectivity index (χ1n) is 5.85. The van der Waals surface area contributed by atoms with Crippen molar-refractivity contribution in [2.24, 2.45) is 5.73 Å². The van der Waals surface area contributed by atoms with Gasteiger partial charge >= 0.3 is 0 Å². The lowest BCUT2D eigenvalue weighted by molar-refractivity contribution is 0.0809. The molecule has 2 unspecified atom stereocenters. The second kappa shape index (κ2) is 5.69. The molecule has 1 rings (SSSR count). The first-order chi connectivity index (χ1) is 6.63. The zero-order valence-electron chi connectivity index (χ0n) is 9.87. The minimum absolute atomic E-state index is 0.305. The molecule has 0 aromatic carbocycles. The number of rotatable bonds is 4. The molecular formula is C11H25N3. The molecule has 1 aliphatic heterocycles. The number of nitrogens with zero attached hydrogens (tertiary/aromatic N) is 2. The van der Waals surface area contributed by atoms with E-state index in [1.165, 1.54) is 32.6 Å². The summed E-state index contributed by atoms with van der Waals surface area (Å²) in [5.41, 5.74) is 5.81. The first-order valence-corrected chi connectivity index (χ1v) is 5.85. The summed E-state index contributed by atoms with van der Waals surface area (Å²) in [5.74, 6) is 0. The molecule has 1 heterocycles. The first kappa shape index (κ1) is 12.0. The van der Waals surface area contributed by atoms with Gasteiger partial charge in [-0.3, -0.25) is 9.80 Å². The van der Waals surface area contributed by atoms with Crippen molar-refractivity contribution in [2.45, 2.75) is 39.3 Å². The fraction of sp³-hybridized carbons (Fsp3) is 1.00. The molecule has 0 aromatic heterocycles.